The summed E-state index contributed by atoms with van der Waals surface area (Å²) in [6, 6.07) is 4.48. The molecule has 21 heavy (non-hydrogen) atoms. The van der Waals surface area contributed by atoms with Crippen molar-refractivity contribution in [1.29, 1.82) is 0 Å². The largest absolute Gasteiger partial charge is 0.376 e. The van der Waals surface area contributed by atoms with E-state index in [4.69, 9.17) is 9.72 Å². The molecule has 4 heteroatoms. The molecule has 1 aliphatic heterocycles. The highest BCUT2D eigenvalue weighted by molar-refractivity contribution is 7.14. The second-order valence-electron chi connectivity index (χ2n) is 5.81. The fourth-order valence-corrected chi connectivity index (χ4v) is 3.44. The molecule has 0 aliphatic carbocycles. The van der Waals surface area contributed by atoms with Gasteiger partial charge in [-0.3, -0.25) is 0 Å². The fourth-order valence-electron chi connectivity index (χ4n) is 2.72. The summed E-state index contributed by atoms with van der Waals surface area (Å²) in [5.41, 5.74) is 6.24. The number of aryl methyl sites for hydroxylation is 3. The molecule has 1 fully saturated rings. The lowest BCUT2D eigenvalue weighted by Gasteiger charge is -2.09. The molecule has 2 aromatic rings. The van der Waals surface area contributed by atoms with Crippen LogP contribution in [0.25, 0.3) is 11.3 Å². The van der Waals surface area contributed by atoms with E-state index in [1.807, 2.05) is 0 Å². The highest BCUT2D eigenvalue weighted by Gasteiger charge is 2.16. The molecule has 3 rings (SSSR count). The van der Waals surface area contributed by atoms with E-state index in [0.717, 1.165) is 30.4 Å². The molecule has 0 bridgehead atoms. The Morgan fingerprint density at radius 2 is 2.05 bits per heavy atom. The van der Waals surface area contributed by atoms with Crippen LogP contribution in [0.15, 0.2) is 17.5 Å². The van der Waals surface area contributed by atoms with E-state index >= 15 is 0 Å². The molecule has 1 aromatic carbocycles. The van der Waals surface area contributed by atoms with Crippen molar-refractivity contribution in [3.05, 3.63) is 34.2 Å². The predicted octanol–water partition coefficient (Wildman–Crippen LogP) is 4.33. The van der Waals surface area contributed by atoms with Crippen molar-refractivity contribution in [3.8, 4) is 11.3 Å². The third-order valence-electron chi connectivity index (χ3n) is 4.13. The van der Waals surface area contributed by atoms with E-state index in [2.05, 4.69) is 43.6 Å². The van der Waals surface area contributed by atoms with E-state index in [0.29, 0.717) is 6.10 Å². The second kappa shape index (κ2) is 6.16. The van der Waals surface area contributed by atoms with Crippen molar-refractivity contribution < 1.29 is 4.74 Å². The van der Waals surface area contributed by atoms with Crippen LogP contribution in [-0.2, 0) is 4.74 Å². The first-order chi connectivity index (χ1) is 10.1. The highest BCUT2D eigenvalue weighted by atomic mass is 32.1. The number of aromatic nitrogens is 1. The molecule has 3 nitrogen and oxygen atoms in total. The third-order valence-corrected chi connectivity index (χ3v) is 4.93. The van der Waals surface area contributed by atoms with Gasteiger partial charge in [-0.05, 0) is 56.4 Å². The molecular formula is C17H22N2OS. The first-order valence-electron chi connectivity index (χ1n) is 7.52. The number of hydrogen-bond donors (Lipinski definition) is 1. The Morgan fingerprint density at radius 3 is 2.81 bits per heavy atom. The summed E-state index contributed by atoms with van der Waals surface area (Å²) in [4.78, 5) is 4.72. The molecule has 1 N–H and O–H groups in total. The molecular weight excluding hydrogens is 280 g/mol. The average molecular weight is 302 g/mol. The van der Waals surface area contributed by atoms with Gasteiger partial charge >= 0.3 is 0 Å². The van der Waals surface area contributed by atoms with Gasteiger partial charge in [0.2, 0.25) is 0 Å². The van der Waals surface area contributed by atoms with Crippen molar-refractivity contribution in [1.82, 2.24) is 4.98 Å². The normalized spacial score (nSPS) is 18.1. The second-order valence-corrected chi connectivity index (χ2v) is 6.66. The molecule has 0 radical (unpaired) electrons. The minimum Gasteiger partial charge on any atom is -0.376 e. The monoisotopic (exact) mass is 302 g/mol. The summed E-state index contributed by atoms with van der Waals surface area (Å²) in [7, 11) is 0. The SMILES string of the molecule is Cc1cc(C)c(-c2csc(NC[C@H]3CCCO3)n2)cc1C. The van der Waals surface area contributed by atoms with E-state index in [1.165, 1.54) is 28.7 Å². The Morgan fingerprint density at radius 1 is 1.24 bits per heavy atom. The van der Waals surface area contributed by atoms with Crippen LogP contribution in [0.1, 0.15) is 29.5 Å². The van der Waals surface area contributed by atoms with Gasteiger partial charge in [-0.15, -0.1) is 11.3 Å². The number of thiazole rings is 1. The van der Waals surface area contributed by atoms with Crippen LogP contribution in [0.5, 0.6) is 0 Å². The van der Waals surface area contributed by atoms with Gasteiger partial charge in [-0.1, -0.05) is 6.07 Å². The first kappa shape index (κ1) is 14.5. The van der Waals surface area contributed by atoms with Crippen molar-refractivity contribution >= 4 is 16.5 Å². The molecule has 0 amide bonds. The van der Waals surface area contributed by atoms with Gasteiger partial charge in [-0.2, -0.15) is 0 Å². The predicted molar refractivity (Wildman–Crippen MR) is 89.2 cm³/mol. The Kier molecular flexibility index (Phi) is 4.27. The molecule has 112 valence electrons. The highest BCUT2D eigenvalue weighted by Crippen LogP contribution is 2.29. The van der Waals surface area contributed by atoms with Crippen molar-refractivity contribution in [3.63, 3.8) is 0 Å². The van der Waals surface area contributed by atoms with Crippen LogP contribution in [0, 0.1) is 20.8 Å². The number of benzene rings is 1. The van der Waals surface area contributed by atoms with Gasteiger partial charge in [0.25, 0.3) is 0 Å². The van der Waals surface area contributed by atoms with E-state index in [1.54, 1.807) is 11.3 Å². The number of anilines is 1. The zero-order valence-corrected chi connectivity index (χ0v) is 13.7. The Balaban J connectivity index is 1.73. The standard InChI is InChI=1S/C17H22N2OS/c1-11-7-13(3)15(8-12(11)2)16-10-21-17(19-16)18-9-14-5-4-6-20-14/h7-8,10,14H,4-6,9H2,1-3H3,(H,18,19)/t14-/m1/s1. The molecule has 1 atom stereocenters. The molecule has 0 spiro atoms. The quantitative estimate of drug-likeness (QED) is 0.913. The maximum Gasteiger partial charge on any atom is 0.183 e. The summed E-state index contributed by atoms with van der Waals surface area (Å²) < 4.78 is 5.63. The Bertz CT molecular complexity index is 630. The number of rotatable bonds is 4. The zero-order valence-electron chi connectivity index (χ0n) is 12.9. The summed E-state index contributed by atoms with van der Waals surface area (Å²) in [6.45, 7) is 8.22. The molecule has 0 saturated carbocycles. The number of nitrogens with one attached hydrogen (secondary N) is 1. The molecule has 1 aliphatic rings. The van der Waals surface area contributed by atoms with Crippen LogP contribution in [0.4, 0.5) is 5.13 Å². The van der Waals surface area contributed by atoms with E-state index in [-0.39, 0.29) is 0 Å². The zero-order chi connectivity index (χ0) is 14.8. The first-order valence-corrected chi connectivity index (χ1v) is 8.40. The minimum absolute atomic E-state index is 0.348. The minimum atomic E-state index is 0.348. The lowest BCUT2D eigenvalue weighted by Crippen LogP contribution is -2.18. The summed E-state index contributed by atoms with van der Waals surface area (Å²) in [5, 5.41) is 6.52. The van der Waals surface area contributed by atoms with Crippen LogP contribution < -0.4 is 5.32 Å². The van der Waals surface area contributed by atoms with Crippen LogP contribution in [-0.4, -0.2) is 24.2 Å². The van der Waals surface area contributed by atoms with Gasteiger partial charge in [0.15, 0.2) is 5.13 Å². The summed E-state index contributed by atoms with van der Waals surface area (Å²) in [5.74, 6) is 0. The van der Waals surface area contributed by atoms with Crippen LogP contribution in [0.2, 0.25) is 0 Å². The average Bonchev–Trinajstić information content (AvgIpc) is 3.11. The number of hydrogen-bond acceptors (Lipinski definition) is 4. The molecule has 1 saturated heterocycles. The van der Waals surface area contributed by atoms with Gasteiger partial charge in [0, 0.05) is 24.1 Å². The lowest BCUT2D eigenvalue weighted by atomic mass is 9.99. The van der Waals surface area contributed by atoms with Crippen molar-refractivity contribution in [2.75, 3.05) is 18.5 Å². The molecule has 0 unspecified atom stereocenters. The Hall–Kier alpha value is -1.39. The lowest BCUT2D eigenvalue weighted by molar-refractivity contribution is 0.120. The Labute approximate surface area is 130 Å². The molecule has 2 heterocycles. The topological polar surface area (TPSA) is 34.1 Å². The number of ether oxygens (including phenoxy) is 1. The van der Waals surface area contributed by atoms with Crippen molar-refractivity contribution in [2.24, 2.45) is 0 Å². The van der Waals surface area contributed by atoms with Crippen LogP contribution >= 0.6 is 11.3 Å². The number of nitrogens with zero attached hydrogens (tertiary/aromatic N) is 1. The smallest absolute Gasteiger partial charge is 0.183 e. The fraction of sp³-hybridized carbons (Fsp3) is 0.471. The maximum atomic E-state index is 5.63. The van der Waals surface area contributed by atoms with Gasteiger partial charge in [0.1, 0.15) is 0 Å². The summed E-state index contributed by atoms with van der Waals surface area (Å²) >= 11 is 1.67. The van der Waals surface area contributed by atoms with Crippen molar-refractivity contribution in [2.45, 2.75) is 39.7 Å². The molecule has 1 aromatic heterocycles. The van der Waals surface area contributed by atoms with Gasteiger partial charge < -0.3 is 10.1 Å². The van der Waals surface area contributed by atoms with Gasteiger partial charge in [-0.25, -0.2) is 4.98 Å². The van der Waals surface area contributed by atoms with Gasteiger partial charge in [0.05, 0.1) is 11.8 Å². The third kappa shape index (κ3) is 3.27. The summed E-state index contributed by atoms with van der Waals surface area (Å²) in [6.07, 6.45) is 2.68. The van der Waals surface area contributed by atoms with E-state index < -0.39 is 0 Å². The van der Waals surface area contributed by atoms with Crippen LogP contribution in [0.3, 0.4) is 0 Å². The van der Waals surface area contributed by atoms with E-state index in [9.17, 15) is 0 Å². The maximum absolute atomic E-state index is 5.63.